The number of nitrogens with one attached hydrogen (secondary N) is 1. The summed E-state index contributed by atoms with van der Waals surface area (Å²) in [5.74, 6) is 0.712. The number of rotatable bonds is 7. The van der Waals surface area contributed by atoms with Crippen LogP contribution in [0.4, 0.5) is 13.2 Å². The van der Waals surface area contributed by atoms with Crippen molar-refractivity contribution < 1.29 is 17.9 Å². The van der Waals surface area contributed by atoms with E-state index >= 15 is 0 Å². The second kappa shape index (κ2) is 7.88. The lowest BCUT2D eigenvalue weighted by molar-refractivity contribution is -0.136. The fourth-order valence-corrected chi connectivity index (χ4v) is 2.61. The van der Waals surface area contributed by atoms with Gasteiger partial charge < -0.3 is 10.1 Å². The molecule has 1 aromatic rings. The van der Waals surface area contributed by atoms with Gasteiger partial charge in [0.25, 0.3) is 0 Å². The van der Waals surface area contributed by atoms with Crippen LogP contribution < -0.4 is 10.1 Å². The third-order valence-corrected chi connectivity index (χ3v) is 3.59. The molecular formula is C14H19BrF3NO. The molecule has 1 rings (SSSR count). The summed E-state index contributed by atoms with van der Waals surface area (Å²) >= 11 is 3.38. The van der Waals surface area contributed by atoms with E-state index in [2.05, 4.69) is 21.2 Å². The average molecular weight is 354 g/mol. The van der Waals surface area contributed by atoms with Gasteiger partial charge in [0, 0.05) is 12.5 Å². The van der Waals surface area contributed by atoms with Crippen LogP contribution in [0.1, 0.15) is 25.3 Å². The number of likely N-dealkylation sites (N-methyl/N-ethyl adjacent to an activating group) is 1. The Bertz CT molecular complexity index is 423. The van der Waals surface area contributed by atoms with Crippen LogP contribution in [-0.4, -0.2) is 25.9 Å². The lowest BCUT2D eigenvalue weighted by atomic mass is 10.0. The number of hydrogen-bond acceptors (Lipinski definition) is 2. The summed E-state index contributed by atoms with van der Waals surface area (Å²) in [5, 5.41) is 3.11. The van der Waals surface area contributed by atoms with Gasteiger partial charge in [0.05, 0.1) is 11.6 Å². The Morgan fingerprint density at radius 2 is 2.05 bits per heavy atom. The van der Waals surface area contributed by atoms with E-state index in [1.54, 1.807) is 7.11 Å². The van der Waals surface area contributed by atoms with E-state index in [0.29, 0.717) is 18.7 Å². The molecule has 0 fully saturated rings. The largest absolute Gasteiger partial charge is 0.496 e. The maximum atomic E-state index is 12.3. The van der Waals surface area contributed by atoms with Gasteiger partial charge in [-0.1, -0.05) is 13.0 Å². The molecule has 6 heteroatoms. The molecule has 0 aliphatic heterocycles. The summed E-state index contributed by atoms with van der Waals surface area (Å²) in [6.07, 6.45) is -4.22. The number of halogens is 4. The van der Waals surface area contributed by atoms with Crippen LogP contribution in [0.2, 0.25) is 0 Å². The fourth-order valence-electron chi connectivity index (χ4n) is 2.02. The van der Waals surface area contributed by atoms with Crippen LogP contribution >= 0.6 is 15.9 Å². The fraction of sp³-hybridized carbons (Fsp3) is 0.571. The van der Waals surface area contributed by atoms with Crippen molar-refractivity contribution in [2.45, 2.75) is 38.4 Å². The van der Waals surface area contributed by atoms with Gasteiger partial charge in [-0.05, 0) is 53.0 Å². The second-order valence-electron chi connectivity index (χ2n) is 4.58. The predicted molar refractivity (Wildman–Crippen MR) is 77.2 cm³/mol. The minimum absolute atomic E-state index is 0.0843. The van der Waals surface area contributed by atoms with Crippen molar-refractivity contribution in [3.63, 3.8) is 0 Å². The summed E-state index contributed by atoms with van der Waals surface area (Å²) in [7, 11) is 1.57. The highest BCUT2D eigenvalue weighted by molar-refractivity contribution is 9.10. The first-order valence-corrected chi connectivity index (χ1v) is 7.27. The standard InChI is InChI=1S/C14H19BrF3NO/c1-3-19-11(6-7-14(16,17)18)8-10-4-5-13(20-2)12(15)9-10/h4-5,9,11,19H,3,6-8H2,1-2H3. The lowest BCUT2D eigenvalue weighted by Gasteiger charge is -2.19. The molecule has 1 N–H and O–H groups in total. The molecule has 0 bridgehead atoms. The van der Waals surface area contributed by atoms with Gasteiger partial charge >= 0.3 is 6.18 Å². The average Bonchev–Trinajstić information content (AvgIpc) is 2.35. The van der Waals surface area contributed by atoms with Gasteiger partial charge in [0.1, 0.15) is 5.75 Å². The van der Waals surface area contributed by atoms with E-state index in [-0.39, 0.29) is 12.5 Å². The Labute approximate surface area is 125 Å². The molecular weight excluding hydrogens is 335 g/mol. The van der Waals surface area contributed by atoms with Crippen LogP contribution in [0, 0.1) is 0 Å². The number of ether oxygens (including phenoxy) is 1. The molecule has 0 saturated heterocycles. The topological polar surface area (TPSA) is 21.3 Å². The van der Waals surface area contributed by atoms with E-state index < -0.39 is 12.6 Å². The monoisotopic (exact) mass is 353 g/mol. The number of hydrogen-bond donors (Lipinski definition) is 1. The van der Waals surface area contributed by atoms with E-state index in [1.807, 2.05) is 25.1 Å². The van der Waals surface area contributed by atoms with Gasteiger partial charge in [0.15, 0.2) is 0 Å². The maximum absolute atomic E-state index is 12.3. The van der Waals surface area contributed by atoms with E-state index in [0.717, 1.165) is 10.0 Å². The molecule has 0 aliphatic rings. The lowest BCUT2D eigenvalue weighted by Crippen LogP contribution is -2.32. The summed E-state index contributed by atoms with van der Waals surface area (Å²) in [4.78, 5) is 0. The maximum Gasteiger partial charge on any atom is 0.389 e. The summed E-state index contributed by atoms with van der Waals surface area (Å²) in [6, 6.07) is 5.40. The van der Waals surface area contributed by atoms with Crippen LogP contribution in [0.5, 0.6) is 5.75 Å². The summed E-state index contributed by atoms with van der Waals surface area (Å²) < 4.78 is 42.9. The highest BCUT2D eigenvalue weighted by atomic mass is 79.9. The SMILES string of the molecule is CCNC(CCC(F)(F)F)Cc1ccc(OC)c(Br)c1. The molecule has 20 heavy (non-hydrogen) atoms. The van der Waals surface area contributed by atoms with Crippen molar-refractivity contribution in [2.75, 3.05) is 13.7 Å². The van der Waals surface area contributed by atoms with Crippen LogP contribution in [-0.2, 0) is 6.42 Å². The molecule has 2 nitrogen and oxygen atoms in total. The molecule has 1 aromatic carbocycles. The van der Waals surface area contributed by atoms with E-state index in [4.69, 9.17) is 4.74 Å². The molecule has 0 aliphatic carbocycles. The minimum Gasteiger partial charge on any atom is -0.496 e. The van der Waals surface area contributed by atoms with Crippen molar-refractivity contribution in [1.29, 1.82) is 0 Å². The normalized spacial score (nSPS) is 13.3. The first kappa shape index (κ1) is 17.3. The van der Waals surface area contributed by atoms with Gasteiger partial charge in [-0.3, -0.25) is 0 Å². The third kappa shape index (κ3) is 6.13. The Morgan fingerprint density at radius 3 is 2.55 bits per heavy atom. The Kier molecular flexibility index (Phi) is 6.82. The number of alkyl halides is 3. The molecule has 1 atom stereocenters. The highest BCUT2D eigenvalue weighted by Gasteiger charge is 2.28. The molecule has 1 unspecified atom stereocenters. The Morgan fingerprint density at radius 1 is 1.35 bits per heavy atom. The summed E-state index contributed by atoms with van der Waals surface area (Å²) in [5.41, 5.74) is 0.978. The predicted octanol–water partition coefficient (Wildman–Crippen LogP) is 4.32. The Balaban J connectivity index is 2.67. The third-order valence-electron chi connectivity index (χ3n) is 2.97. The number of benzene rings is 1. The van der Waals surface area contributed by atoms with Gasteiger partial charge in [-0.15, -0.1) is 0 Å². The summed E-state index contributed by atoms with van der Waals surface area (Å²) in [6.45, 7) is 2.55. The molecule has 0 heterocycles. The molecule has 114 valence electrons. The van der Waals surface area contributed by atoms with E-state index in [9.17, 15) is 13.2 Å². The zero-order valence-corrected chi connectivity index (χ0v) is 13.1. The van der Waals surface area contributed by atoms with E-state index in [1.165, 1.54) is 0 Å². The van der Waals surface area contributed by atoms with Crippen LogP contribution in [0.15, 0.2) is 22.7 Å². The first-order valence-electron chi connectivity index (χ1n) is 6.48. The Hall–Kier alpha value is -0.750. The van der Waals surface area contributed by atoms with Gasteiger partial charge in [0.2, 0.25) is 0 Å². The zero-order chi connectivity index (χ0) is 15.2. The zero-order valence-electron chi connectivity index (χ0n) is 11.6. The van der Waals surface area contributed by atoms with Crippen LogP contribution in [0.3, 0.4) is 0 Å². The molecule has 0 amide bonds. The first-order chi connectivity index (χ1) is 9.35. The second-order valence-corrected chi connectivity index (χ2v) is 5.44. The minimum atomic E-state index is -4.10. The number of methoxy groups -OCH3 is 1. The molecule has 0 spiro atoms. The molecule has 0 radical (unpaired) electrons. The quantitative estimate of drug-likeness (QED) is 0.788. The van der Waals surface area contributed by atoms with Crippen molar-refractivity contribution >= 4 is 15.9 Å². The molecule has 0 saturated carbocycles. The highest BCUT2D eigenvalue weighted by Crippen LogP contribution is 2.27. The molecule has 0 aromatic heterocycles. The van der Waals surface area contributed by atoms with Gasteiger partial charge in [-0.25, -0.2) is 0 Å². The smallest absolute Gasteiger partial charge is 0.389 e. The van der Waals surface area contributed by atoms with Crippen molar-refractivity contribution in [3.05, 3.63) is 28.2 Å². The van der Waals surface area contributed by atoms with Crippen LogP contribution in [0.25, 0.3) is 0 Å². The van der Waals surface area contributed by atoms with Crippen molar-refractivity contribution in [1.82, 2.24) is 5.32 Å². The van der Waals surface area contributed by atoms with Crippen molar-refractivity contribution in [2.24, 2.45) is 0 Å². The van der Waals surface area contributed by atoms with Gasteiger partial charge in [-0.2, -0.15) is 13.2 Å². The van der Waals surface area contributed by atoms with Crippen molar-refractivity contribution in [3.8, 4) is 5.75 Å².